The van der Waals surface area contributed by atoms with Gasteiger partial charge in [-0.1, -0.05) is 31.2 Å². The highest BCUT2D eigenvalue weighted by molar-refractivity contribution is 7.17. The Morgan fingerprint density at radius 2 is 1.93 bits per heavy atom. The van der Waals surface area contributed by atoms with Crippen LogP contribution < -0.4 is 16.0 Å². The van der Waals surface area contributed by atoms with Crippen LogP contribution in [0.25, 0.3) is 32.1 Å². The molecular weight excluding hydrogens is 404 g/mol. The zero-order valence-electron chi connectivity index (χ0n) is 16.7. The summed E-state index contributed by atoms with van der Waals surface area (Å²) in [5.74, 6) is 1.17. The van der Waals surface area contributed by atoms with Crippen molar-refractivity contribution in [2.24, 2.45) is 5.73 Å². The summed E-state index contributed by atoms with van der Waals surface area (Å²) in [5, 5.41) is 3.97. The molecule has 0 saturated carbocycles. The van der Waals surface area contributed by atoms with Crippen molar-refractivity contribution in [3.63, 3.8) is 0 Å². The number of hydrogen-bond donors (Lipinski definition) is 2. The van der Waals surface area contributed by atoms with E-state index in [-0.39, 0.29) is 18.0 Å². The van der Waals surface area contributed by atoms with Crippen LogP contribution >= 0.6 is 23.7 Å². The van der Waals surface area contributed by atoms with Crippen molar-refractivity contribution in [1.82, 2.24) is 4.98 Å². The largest absolute Gasteiger partial charge is 0.496 e. The molecule has 4 rings (SSSR count). The second-order valence-electron chi connectivity index (χ2n) is 7.10. The highest BCUT2D eigenvalue weighted by atomic mass is 35.5. The number of nitrogens with one attached hydrogen (secondary N) is 1. The predicted octanol–water partition coefficient (Wildman–Crippen LogP) is 5.60. The smallest absolute Gasteiger partial charge is 0.266 e. The molecule has 4 aromatic rings. The number of pyridine rings is 1. The number of fused-ring (bicyclic) bond motifs is 3. The van der Waals surface area contributed by atoms with E-state index < -0.39 is 0 Å². The van der Waals surface area contributed by atoms with Crippen LogP contribution in [0, 0.1) is 6.92 Å². The van der Waals surface area contributed by atoms with Crippen LogP contribution in [0.3, 0.4) is 0 Å². The average molecular weight is 429 g/mol. The summed E-state index contributed by atoms with van der Waals surface area (Å²) in [6, 6.07) is 12.6. The summed E-state index contributed by atoms with van der Waals surface area (Å²) in [6.07, 6.45) is 1.02. The van der Waals surface area contributed by atoms with Gasteiger partial charge in [0.2, 0.25) is 0 Å². The molecule has 0 saturated heterocycles. The van der Waals surface area contributed by atoms with E-state index in [4.69, 9.17) is 10.5 Å². The zero-order chi connectivity index (χ0) is 19.8. The number of ether oxygens (including phenoxy) is 1. The second kappa shape index (κ2) is 8.57. The Labute approximate surface area is 180 Å². The van der Waals surface area contributed by atoms with Gasteiger partial charge in [0.1, 0.15) is 10.4 Å². The van der Waals surface area contributed by atoms with E-state index in [0.717, 1.165) is 49.8 Å². The number of rotatable bonds is 5. The van der Waals surface area contributed by atoms with Gasteiger partial charge in [-0.05, 0) is 60.0 Å². The van der Waals surface area contributed by atoms with Crippen molar-refractivity contribution >= 4 is 44.7 Å². The molecule has 0 fully saturated rings. The first kappa shape index (κ1) is 21.4. The van der Waals surface area contributed by atoms with Crippen molar-refractivity contribution < 1.29 is 4.74 Å². The normalized spacial score (nSPS) is 12.1. The maximum atomic E-state index is 12.5. The highest BCUT2D eigenvalue weighted by Crippen LogP contribution is 2.42. The lowest BCUT2D eigenvalue weighted by Gasteiger charge is -2.17. The maximum Gasteiger partial charge on any atom is 0.266 e. The number of hydrogen-bond acceptors (Lipinski definition) is 4. The van der Waals surface area contributed by atoms with Crippen LogP contribution in [0.4, 0.5) is 0 Å². The summed E-state index contributed by atoms with van der Waals surface area (Å²) in [4.78, 5) is 15.6. The molecule has 0 spiro atoms. The Kier molecular flexibility index (Phi) is 6.32. The number of benzene rings is 2. The van der Waals surface area contributed by atoms with Gasteiger partial charge in [-0.25, -0.2) is 0 Å². The molecule has 0 aliphatic carbocycles. The van der Waals surface area contributed by atoms with Crippen LogP contribution in [0.2, 0.25) is 0 Å². The summed E-state index contributed by atoms with van der Waals surface area (Å²) >= 11 is 1.47. The van der Waals surface area contributed by atoms with Crippen LogP contribution in [0.1, 0.15) is 30.4 Å². The van der Waals surface area contributed by atoms with E-state index in [2.05, 4.69) is 36.2 Å². The van der Waals surface area contributed by atoms with Crippen molar-refractivity contribution in [2.45, 2.75) is 26.2 Å². The topological polar surface area (TPSA) is 68.1 Å². The number of methoxy groups -OCH3 is 1. The van der Waals surface area contributed by atoms with Crippen LogP contribution in [0.15, 0.2) is 46.6 Å². The molecule has 1 atom stereocenters. The molecule has 6 heteroatoms. The quantitative estimate of drug-likeness (QED) is 0.434. The summed E-state index contributed by atoms with van der Waals surface area (Å²) in [6.45, 7) is 4.80. The van der Waals surface area contributed by atoms with Crippen molar-refractivity contribution in [2.75, 3.05) is 13.7 Å². The first-order valence-corrected chi connectivity index (χ1v) is 10.4. The Morgan fingerprint density at radius 3 is 2.55 bits per heavy atom. The fourth-order valence-electron chi connectivity index (χ4n) is 3.98. The minimum Gasteiger partial charge on any atom is -0.496 e. The van der Waals surface area contributed by atoms with Crippen molar-refractivity contribution in [1.29, 1.82) is 0 Å². The first-order chi connectivity index (χ1) is 13.6. The number of aromatic amines is 1. The van der Waals surface area contributed by atoms with Crippen LogP contribution in [-0.4, -0.2) is 18.6 Å². The van der Waals surface area contributed by atoms with Gasteiger partial charge >= 0.3 is 0 Å². The number of H-pyrrole nitrogens is 1. The summed E-state index contributed by atoms with van der Waals surface area (Å²) < 4.78 is 6.50. The van der Waals surface area contributed by atoms with Crippen LogP contribution in [-0.2, 0) is 0 Å². The van der Waals surface area contributed by atoms with Gasteiger partial charge in [0, 0.05) is 16.3 Å². The van der Waals surface area contributed by atoms with Gasteiger partial charge in [0.25, 0.3) is 5.56 Å². The van der Waals surface area contributed by atoms with E-state index in [1.807, 2.05) is 24.4 Å². The molecule has 2 heterocycles. The monoisotopic (exact) mass is 428 g/mol. The second-order valence-corrected chi connectivity index (χ2v) is 8.02. The Balaban J connectivity index is 0.00000240. The molecule has 29 heavy (non-hydrogen) atoms. The molecule has 2 aromatic heterocycles. The minimum atomic E-state index is -0.0409. The third-order valence-corrected chi connectivity index (χ3v) is 6.45. The lowest BCUT2D eigenvalue weighted by atomic mass is 9.91. The summed E-state index contributed by atoms with van der Waals surface area (Å²) in [5.41, 5.74) is 11.1. The Hall–Kier alpha value is -2.34. The minimum absolute atomic E-state index is 0. The highest BCUT2D eigenvalue weighted by Gasteiger charge is 2.18. The standard InChI is InChI=1S/C23H24N2O2S.ClH/c1-4-14(12-24)15-5-7-16(8-6-15)19-18(27-3)11-13(2)21-20(19)17-9-10-28-22(17)23(26)25-21;/h5-11,14H,4,12,24H2,1-3H3,(H,25,26);1H/t14-;/m0./s1. The molecule has 0 bridgehead atoms. The summed E-state index contributed by atoms with van der Waals surface area (Å²) in [7, 11) is 1.69. The van der Waals surface area contributed by atoms with E-state index in [9.17, 15) is 4.79 Å². The number of thiophene rings is 1. The van der Waals surface area contributed by atoms with E-state index in [1.165, 1.54) is 16.9 Å². The van der Waals surface area contributed by atoms with E-state index in [1.54, 1.807) is 7.11 Å². The predicted molar refractivity (Wildman–Crippen MR) is 126 cm³/mol. The van der Waals surface area contributed by atoms with Gasteiger partial charge < -0.3 is 15.5 Å². The lowest BCUT2D eigenvalue weighted by Crippen LogP contribution is -2.11. The molecule has 0 unspecified atom stereocenters. The third kappa shape index (κ3) is 3.54. The molecule has 0 amide bonds. The fraction of sp³-hybridized carbons (Fsp3) is 0.261. The number of aromatic nitrogens is 1. The van der Waals surface area contributed by atoms with Crippen LogP contribution in [0.5, 0.6) is 5.75 Å². The van der Waals surface area contributed by atoms with Crippen molar-refractivity contribution in [3.8, 4) is 16.9 Å². The van der Waals surface area contributed by atoms with Gasteiger partial charge in [0.05, 0.1) is 12.6 Å². The van der Waals surface area contributed by atoms with Gasteiger partial charge in [-0.15, -0.1) is 23.7 Å². The van der Waals surface area contributed by atoms with Gasteiger partial charge in [-0.3, -0.25) is 4.79 Å². The van der Waals surface area contributed by atoms with E-state index in [0.29, 0.717) is 12.5 Å². The zero-order valence-corrected chi connectivity index (χ0v) is 18.4. The molecular formula is C23H25ClN2O2S. The first-order valence-electron chi connectivity index (χ1n) is 9.50. The molecule has 3 N–H and O–H groups in total. The van der Waals surface area contributed by atoms with Gasteiger partial charge in [0.15, 0.2) is 0 Å². The average Bonchev–Trinajstić information content (AvgIpc) is 3.21. The van der Waals surface area contributed by atoms with Crippen molar-refractivity contribution in [3.05, 3.63) is 63.3 Å². The number of halogens is 1. The molecule has 0 aliphatic heterocycles. The lowest BCUT2D eigenvalue weighted by molar-refractivity contribution is 0.416. The van der Waals surface area contributed by atoms with Gasteiger partial charge in [-0.2, -0.15) is 0 Å². The molecule has 0 radical (unpaired) electrons. The molecule has 2 aromatic carbocycles. The SMILES string of the molecule is CC[C@@H](CN)c1ccc(-c2c(OC)cc(C)c3[nH]c(=O)c4sccc4c23)cc1.Cl. The number of nitrogens with two attached hydrogens (primary N) is 1. The molecule has 152 valence electrons. The molecule has 4 nitrogen and oxygen atoms in total. The Bertz CT molecular complexity index is 1210. The third-order valence-electron chi connectivity index (χ3n) is 5.54. The van der Waals surface area contributed by atoms with E-state index >= 15 is 0 Å². The maximum absolute atomic E-state index is 12.5. The number of aryl methyl sites for hydroxylation is 1. The Morgan fingerprint density at radius 1 is 1.21 bits per heavy atom. The molecule has 0 aliphatic rings. The fourth-order valence-corrected chi connectivity index (χ4v) is 4.77.